The number of imide groups is 1. The summed E-state index contributed by atoms with van der Waals surface area (Å²) in [6.45, 7) is 2.09. The maximum atomic E-state index is 13.4. The van der Waals surface area contributed by atoms with Crippen LogP contribution in [0.1, 0.15) is 40.9 Å². The molecule has 1 fully saturated rings. The largest absolute Gasteiger partial charge is 0.496 e. The molecule has 0 saturated carbocycles. The van der Waals surface area contributed by atoms with Gasteiger partial charge >= 0.3 is 12.0 Å². The molecule has 34 heavy (non-hydrogen) atoms. The molecule has 3 amide bonds. The maximum Gasteiger partial charge on any atom is 0.335 e. The summed E-state index contributed by atoms with van der Waals surface area (Å²) >= 11 is 11.5. The Balaban J connectivity index is 1.81. The molecule has 10 heteroatoms. The van der Waals surface area contributed by atoms with Crippen LogP contribution >= 0.6 is 23.8 Å². The van der Waals surface area contributed by atoms with E-state index in [2.05, 4.69) is 10.6 Å². The molecule has 8 nitrogen and oxygen atoms in total. The van der Waals surface area contributed by atoms with E-state index in [0.717, 1.165) is 10.5 Å². The van der Waals surface area contributed by atoms with Crippen LogP contribution in [0.4, 0.5) is 4.79 Å². The summed E-state index contributed by atoms with van der Waals surface area (Å²) in [5, 5.41) is 15.7. The Morgan fingerprint density at radius 3 is 2.76 bits per heavy atom. The van der Waals surface area contributed by atoms with Gasteiger partial charge in [0.25, 0.3) is 0 Å². The number of aromatic carboxylic acids is 1. The van der Waals surface area contributed by atoms with E-state index in [4.69, 9.17) is 28.6 Å². The molecule has 0 unspecified atom stereocenters. The first-order valence-electron chi connectivity index (χ1n) is 10.8. The molecule has 3 rings (SSSR count). The highest BCUT2D eigenvalue weighted by Crippen LogP contribution is 2.27. The highest BCUT2D eigenvalue weighted by Gasteiger charge is 2.34. The number of benzene rings is 2. The zero-order valence-electron chi connectivity index (χ0n) is 18.8. The Morgan fingerprint density at radius 1 is 1.32 bits per heavy atom. The first-order valence-corrected chi connectivity index (χ1v) is 11.6. The van der Waals surface area contributed by atoms with Gasteiger partial charge in [-0.1, -0.05) is 42.9 Å². The van der Waals surface area contributed by atoms with Gasteiger partial charge in [0.05, 0.1) is 36.2 Å². The number of methoxy groups -OCH3 is 1. The highest BCUT2D eigenvalue weighted by atomic mass is 35.5. The van der Waals surface area contributed by atoms with Crippen molar-refractivity contribution in [2.24, 2.45) is 5.92 Å². The van der Waals surface area contributed by atoms with Crippen molar-refractivity contribution in [2.45, 2.75) is 25.8 Å². The van der Waals surface area contributed by atoms with Gasteiger partial charge in [0, 0.05) is 11.6 Å². The van der Waals surface area contributed by atoms with Crippen LogP contribution < -0.4 is 15.4 Å². The topological polar surface area (TPSA) is 108 Å². The number of amides is 3. The van der Waals surface area contributed by atoms with E-state index in [9.17, 15) is 19.5 Å². The minimum absolute atomic E-state index is 0.0468. The normalized spacial score (nSPS) is 16.9. The molecule has 180 valence electrons. The molecule has 0 radical (unpaired) electrons. The van der Waals surface area contributed by atoms with Crippen LogP contribution in [0.15, 0.2) is 42.5 Å². The van der Waals surface area contributed by atoms with Gasteiger partial charge in [-0.05, 0) is 54.3 Å². The molecule has 2 aromatic rings. The summed E-state index contributed by atoms with van der Waals surface area (Å²) < 4.78 is 5.40. The van der Waals surface area contributed by atoms with Crippen molar-refractivity contribution in [3.63, 3.8) is 0 Å². The fourth-order valence-corrected chi connectivity index (χ4v) is 4.27. The zero-order valence-corrected chi connectivity index (χ0v) is 20.4. The molecule has 0 aliphatic carbocycles. The fraction of sp³-hybridized carbons (Fsp3) is 0.333. The number of carboxylic acids is 1. The van der Waals surface area contributed by atoms with Crippen molar-refractivity contribution in [3.8, 4) is 5.75 Å². The summed E-state index contributed by atoms with van der Waals surface area (Å²) in [7, 11) is 1.54. The van der Waals surface area contributed by atoms with Crippen LogP contribution in [0.5, 0.6) is 5.75 Å². The predicted octanol–water partition coefficient (Wildman–Crippen LogP) is 3.83. The lowest BCUT2D eigenvalue weighted by molar-refractivity contribution is -0.131. The lowest BCUT2D eigenvalue weighted by Crippen LogP contribution is -2.48. The van der Waals surface area contributed by atoms with E-state index in [1.807, 2.05) is 6.92 Å². The minimum Gasteiger partial charge on any atom is -0.496 e. The number of ether oxygens (including phenoxy) is 1. The molecule has 1 heterocycles. The molecule has 1 aliphatic rings. The number of hydrogen-bond acceptors (Lipinski definition) is 5. The number of halogens is 1. The number of nitrogens with zero attached hydrogens (tertiary/aromatic N) is 1. The molecule has 0 spiro atoms. The summed E-state index contributed by atoms with van der Waals surface area (Å²) in [6.07, 6.45) is 0.808. The van der Waals surface area contributed by atoms with Crippen molar-refractivity contribution in [3.05, 3.63) is 64.2 Å². The summed E-state index contributed by atoms with van der Waals surface area (Å²) in [4.78, 5) is 39.4. The number of carbonyl (C=O) groups excluding carboxylic acids is 2. The summed E-state index contributed by atoms with van der Waals surface area (Å²) in [5.74, 6) is -1.40. The van der Waals surface area contributed by atoms with E-state index in [0.29, 0.717) is 34.2 Å². The highest BCUT2D eigenvalue weighted by molar-refractivity contribution is 7.80. The van der Waals surface area contributed by atoms with Crippen LogP contribution in [-0.2, 0) is 11.2 Å². The first-order chi connectivity index (χ1) is 16.2. The smallest absolute Gasteiger partial charge is 0.335 e. The van der Waals surface area contributed by atoms with Gasteiger partial charge in [-0.2, -0.15) is 0 Å². The van der Waals surface area contributed by atoms with Gasteiger partial charge < -0.3 is 20.5 Å². The Kier molecular flexibility index (Phi) is 8.46. The second-order valence-corrected chi connectivity index (χ2v) is 8.86. The number of nitrogens with one attached hydrogen (secondary N) is 2. The van der Waals surface area contributed by atoms with Crippen molar-refractivity contribution in [2.75, 3.05) is 20.2 Å². The lowest BCUT2D eigenvalue weighted by atomic mass is 9.97. The van der Waals surface area contributed by atoms with Crippen molar-refractivity contribution < 1.29 is 24.2 Å². The van der Waals surface area contributed by atoms with Gasteiger partial charge in [-0.15, -0.1) is 0 Å². The second-order valence-electron chi connectivity index (χ2n) is 7.93. The van der Waals surface area contributed by atoms with Gasteiger partial charge in [0.2, 0.25) is 5.91 Å². The second kappa shape index (κ2) is 11.3. The SMILES string of the molecule is CC[C@@H](NC(=O)N1CC(=S)NC[C@H](Cc2cc(Cl)ccc2OC)C1=O)c1cccc(C(=O)O)c1. The number of hydrogen-bond donors (Lipinski definition) is 3. The predicted molar refractivity (Wildman–Crippen MR) is 132 cm³/mol. The average molecular weight is 504 g/mol. The maximum absolute atomic E-state index is 13.4. The molecule has 3 N–H and O–H groups in total. The molecular formula is C24H26ClN3O5S. The molecule has 1 aliphatic heterocycles. The minimum atomic E-state index is -1.05. The summed E-state index contributed by atoms with van der Waals surface area (Å²) in [5.41, 5.74) is 1.51. The monoisotopic (exact) mass is 503 g/mol. The van der Waals surface area contributed by atoms with Gasteiger partial charge in [0.15, 0.2) is 0 Å². The lowest BCUT2D eigenvalue weighted by Gasteiger charge is -2.26. The molecule has 2 aromatic carbocycles. The van der Waals surface area contributed by atoms with E-state index in [1.165, 1.54) is 12.1 Å². The fourth-order valence-electron chi connectivity index (χ4n) is 3.86. The average Bonchev–Trinajstić information content (AvgIpc) is 2.96. The van der Waals surface area contributed by atoms with Crippen molar-refractivity contribution >= 4 is 46.7 Å². The molecule has 2 atom stereocenters. The van der Waals surface area contributed by atoms with Crippen molar-refractivity contribution in [1.29, 1.82) is 0 Å². The number of carbonyl (C=O) groups is 3. The number of rotatable bonds is 7. The number of carboxylic acid groups (broad SMARTS) is 1. The first kappa shape index (κ1) is 25.5. The van der Waals surface area contributed by atoms with E-state index in [-0.39, 0.29) is 24.6 Å². The van der Waals surface area contributed by atoms with Gasteiger partial charge in [0.1, 0.15) is 5.75 Å². The van der Waals surface area contributed by atoms with Crippen LogP contribution in [0, 0.1) is 5.92 Å². The third-order valence-corrected chi connectivity index (χ3v) is 6.17. The molecule has 0 aromatic heterocycles. The van der Waals surface area contributed by atoms with E-state index in [1.54, 1.807) is 37.4 Å². The Bertz CT molecular complexity index is 1110. The van der Waals surface area contributed by atoms with E-state index >= 15 is 0 Å². The van der Waals surface area contributed by atoms with Gasteiger partial charge in [-0.3, -0.25) is 9.69 Å². The van der Waals surface area contributed by atoms with Crippen LogP contribution in [0.2, 0.25) is 5.02 Å². The zero-order chi connectivity index (χ0) is 24.8. The third-order valence-electron chi connectivity index (χ3n) is 5.66. The van der Waals surface area contributed by atoms with Crippen LogP contribution in [-0.4, -0.2) is 53.1 Å². The molecule has 0 bridgehead atoms. The van der Waals surface area contributed by atoms with Crippen molar-refractivity contribution in [1.82, 2.24) is 15.5 Å². The number of urea groups is 1. The quantitative estimate of drug-likeness (QED) is 0.493. The third kappa shape index (κ3) is 6.03. The van der Waals surface area contributed by atoms with Crippen LogP contribution in [0.3, 0.4) is 0 Å². The van der Waals surface area contributed by atoms with Crippen LogP contribution in [0.25, 0.3) is 0 Å². The Hall–Kier alpha value is -3.17. The summed E-state index contributed by atoms with van der Waals surface area (Å²) in [6, 6.07) is 10.5. The van der Waals surface area contributed by atoms with E-state index < -0.39 is 24.0 Å². The number of thiocarbonyl (C=S) groups is 1. The Labute approximate surface area is 208 Å². The standard InChI is InChI=1S/C24H26ClN3O5S/c1-3-19(14-5-4-6-15(9-14)23(30)31)27-24(32)28-13-21(34)26-12-17(22(28)29)10-16-11-18(25)7-8-20(16)33-2/h4-9,11,17,19H,3,10,12-13H2,1-2H3,(H,26,34)(H,27,32)(H,30,31)/t17-,19+/m0/s1. The van der Waals surface area contributed by atoms with Gasteiger partial charge in [-0.25, -0.2) is 9.59 Å². The molecular weight excluding hydrogens is 478 g/mol. The molecule has 1 saturated heterocycles. The Morgan fingerprint density at radius 2 is 2.09 bits per heavy atom.